The van der Waals surface area contributed by atoms with Crippen LogP contribution in [0, 0.1) is 13.8 Å². The number of amides is 2. The first-order chi connectivity index (χ1) is 21.0. The number of nitrogens with zero attached hydrogens (tertiary/aromatic N) is 2. The van der Waals surface area contributed by atoms with E-state index in [1.54, 1.807) is 41.3 Å². The fourth-order valence-electron chi connectivity index (χ4n) is 5.75. The first-order valence-corrected chi connectivity index (χ1v) is 17.3. The molecule has 0 radical (unpaired) electrons. The molecule has 0 heterocycles. The molecule has 1 N–H and O–H groups in total. The monoisotopic (exact) mass is 617 g/mol. The van der Waals surface area contributed by atoms with Gasteiger partial charge >= 0.3 is 0 Å². The minimum atomic E-state index is -4.10. The predicted molar refractivity (Wildman–Crippen MR) is 177 cm³/mol. The Bertz CT molecular complexity index is 1490. The second kappa shape index (κ2) is 14.9. The highest BCUT2D eigenvalue weighted by atomic mass is 32.2. The molecule has 2 amide bonds. The van der Waals surface area contributed by atoms with Gasteiger partial charge in [-0.15, -0.1) is 0 Å². The predicted octanol–water partition coefficient (Wildman–Crippen LogP) is 6.88. The highest BCUT2D eigenvalue weighted by Crippen LogP contribution is 2.27. The smallest absolute Gasteiger partial charge is 0.264 e. The van der Waals surface area contributed by atoms with Crippen LogP contribution in [0.3, 0.4) is 0 Å². The van der Waals surface area contributed by atoms with Crippen molar-refractivity contribution in [3.05, 3.63) is 95.1 Å². The summed E-state index contributed by atoms with van der Waals surface area (Å²) < 4.78 is 29.4. The zero-order valence-corrected chi connectivity index (χ0v) is 27.6. The maximum Gasteiger partial charge on any atom is 0.264 e. The number of carbonyl (C=O) groups excluding carboxylic acids is 2. The molecule has 0 aromatic heterocycles. The Hall–Kier alpha value is -3.65. The molecule has 1 aliphatic carbocycles. The van der Waals surface area contributed by atoms with Crippen LogP contribution in [0.4, 0.5) is 5.69 Å². The minimum Gasteiger partial charge on any atom is -0.352 e. The molecule has 4 rings (SSSR count). The van der Waals surface area contributed by atoms with E-state index < -0.39 is 28.5 Å². The van der Waals surface area contributed by atoms with Crippen molar-refractivity contribution in [3.63, 3.8) is 0 Å². The van der Waals surface area contributed by atoms with Crippen LogP contribution in [0.15, 0.2) is 77.7 Å². The van der Waals surface area contributed by atoms with Gasteiger partial charge in [0.25, 0.3) is 10.0 Å². The van der Waals surface area contributed by atoms with Crippen molar-refractivity contribution in [2.75, 3.05) is 10.8 Å². The molecule has 0 aliphatic heterocycles. The number of nitrogens with one attached hydrogen (secondary N) is 1. The average molecular weight is 618 g/mol. The number of benzene rings is 3. The van der Waals surface area contributed by atoms with E-state index in [1.807, 2.05) is 57.2 Å². The van der Waals surface area contributed by atoms with Gasteiger partial charge in [-0.05, 0) is 74.4 Å². The number of hydrogen-bond acceptors (Lipinski definition) is 4. The maximum atomic E-state index is 14.3. The number of anilines is 1. The Kier molecular flexibility index (Phi) is 11.2. The Morgan fingerprint density at radius 1 is 0.841 bits per heavy atom. The molecule has 8 heteroatoms. The van der Waals surface area contributed by atoms with Crippen LogP contribution in [-0.2, 0) is 26.2 Å². The summed E-state index contributed by atoms with van der Waals surface area (Å²) in [6.07, 6.45) is 5.60. The van der Waals surface area contributed by atoms with Crippen molar-refractivity contribution in [2.24, 2.45) is 0 Å². The second-order valence-corrected chi connectivity index (χ2v) is 14.2. The third kappa shape index (κ3) is 8.29. The molecule has 0 unspecified atom stereocenters. The Balaban J connectivity index is 1.71. The van der Waals surface area contributed by atoms with Gasteiger partial charge in [-0.3, -0.25) is 13.9 Å². The molecular weight excluding hydrogens is 570 g/mol. The number of carbonyl (C=O) groups is 2. The van der Waals surface area contributed by atoms with Gasteiger partial charge in [0.2, 0.25) is 11.8 Å². The van der Waals surface area contributed by atoms with Gasteiger partial charge in [0.1, 0.15) is 12.6 Å². The van der Waals surface area contributed by atoms with Gasteiger partial charge in [-0.25, -0.2) is 8.42 Å². The van der Waals surface area contributed by atoms with Gasteiger partial charge in [0.15, 0.2) is 0 Å². The molecule has 1 aliphatic rings. The largest absolute Gasteiger partial charge is 0.352 e. The van der Waals surface area contributed by atoms with Crippen LogP contribution in [0.5, 0.6) is 0 Å². The highest BCUT2D eigenvalue weighted by Gasteiger charge is 2.34. The van der Waals surface area contributed by atoms with E-state index in [0.717, 1.165) is 47.9 Å². The lowest BCUT2D eigenvalue weighted by molar-refractivity contribution is -0.140. The molecule has 3 aromatic carbocycles. The van der Waals surface area contributed by atoms with Crippen molar-refractivity contribution in [2.45, 2.75) is 103 Å². The summed E-state index contributed by atoms with van der Waals surface area (Å²) in [4.78, 5) is 29.7. The molecule has 3 aromatic rings. The molecule has 44 heavy (non-hydrogen) atoms. The van der Waals surface area contributed by atoms with Gasteiger partial charge in [-0.1, -0.05) is 99.7 Å². The number of hydrogen-bond donors (Lipinski definition) is 1. The minimum absolute atomic E-state index is 0.0968. The normalized spacial score (nSPS) is 14.7. The van der Waals surface area contributed by atoms with E-state index in [4.69, 9.17) is 0 Å². The van der Waals surface area contributed by atoms with Crippen LogP contribution in [0.2, 0.25) is 0 Å². The Labute approximate surface area is 263 Å². The Morgan fingerprint density at radius 2 is 1.41 bits per heavy atom. The molecule has 236 valence electrons. The third-order valence-corrected chi connectivity index (χ3v) is 10.3. The van der Waals surface area contributed by atoms with E-state index in [9.17, 15) is 18.0 Å². The lowest BCUT2D eigenvalue weighted by Crippen LogP contribution is -2.54. The van der Waals surface area contributed by atoms with Crippen LogP contribution in [0.1, 0.15) is 87.5 Å². The standard InChI is InChI=1S/C36H47N3O4S/c1-6-34(36(41)37-31-10-8-7-9-11-31)38(24-29-16-12-27(4)13-17-29)35(40)25-39(32-20-18-30(19-21-32)26(2)3)44(42,43)33-22-14-28(5)15-23-33/h12-23,26,31,34H,6-11,24-25H2,1-5H3,(H,37,41)/t34-/m0/s1. The summed E-state index contributed by atoms with van der Waals surface area (Å²) in [5, 5.41) is 3.20. The van der Waals surface area contributed by atoms with Crippen LogP contribution < -0.4 is 9.62 Å². The van der Waals surface area contributed by atoms with Crippen molar-refractivity contribution in [1.29, 1.82) is 0 Å². The summed E-state index contributed by atoms with van der Waals surface area (Å²) in [6.45, 7) is 9.70. The fourth-order valence-corrected chi connectivity index (χ4v) is 7.16. The van der Waals surface area contributed by atoms with Crippen molar-refractivity contribution in [3.8, 4) is 0 Å². The van der Waals surface area contributed by atoms with E-state index in [-0.39, 0.29) is 29.3 Å². The number of rotatable bonds is 12. The molecular formula is C36H47N3O4S. The van der Waals surface area contributed by atoms with E-state index in [1.165, 1.54) is 10.7 Å². The van der Waals surface area contributed by atoms with Crippen molar-refractivity contribution >= 4 is 27.5 Å². The average Bonchev–Trinajstić information content (AvgIpc) is 3.01. The third-order valence-electron chi connectivity index (χ3n) is 8.55. The van der Waals surface area contributed by atoms with Crippen molar-refractivity contribution in [1.82, 2.24) is 10.2 Å². The molecule has 1 fully saturated rings. The van der Waals surface area contributed by atoms with E-state index >= 15 is 0 Å². The summed E-state index contributed by atoms with van der Waals surface area (Å²) in [5.41, 5.74) is 4.38. The topological polar surface area (TPSA) is 86.8 Å². The van der Waals surface area contributed by atoms with Gasteiger partial charge in [0.05, 0.1) is 10.6 Å². The van der Waals surface area contributed by atoms with Gasteiger partial charge in [-0.2, -0.15) is 0 Å². The van der Waals surface area contributed by atoms with Crippen LogP contribution in [0.25, 0.3) is 0 Å². The molecule has 1 saturated carbocycles. The summed E-state index contributed by atoms with van der Waals surface area (Å²) in [7, 11) is -4.10. The summed E-state index contributed by atoms with van der Waals surface area (Å²) in [6, 6.07) is 21.2. The number of aryl methyl sites for hydroxylation is 2. The Morgan fingerprint density at radius 3 is 1.95 bits per heavy atom. The summed E-state index contributed by atoms with van der Waals surface area (Å²) >= 11 is 0. The van der Waals surface area contributed by atoms with Crippen LogP contribution in [-0.4, -0.2) is 43.8 Å². The molecule has 7 nitrogen and oxygen atoms in total. The van der Waals surface area contributed by atoms with Gasteiger partial charge < -0.3 is 10.2 Å². The molecule has 0 spiro atoms. The molecule has 1 atom stereocenters. The van der Waals surface area contributed by atoms with Crippen LogP contribution >= 0.6 is 0 Å². The SMILES string of the molecule is CC[C@@H](C(=O)NC1CCCCC1)N(Cc1ccc(C)cc1)C(=O)CN(c1ccc(C(C)C)cc1)S(=O)(=O)c1ccc(C)cc1. The zero-order chi connectivity index (χ0) is 31.9. The lowest BCUT2D eigenvalue weighted by Gasteiger charge is -2.34. The molecule has 0 saturated heterocycles. The fraction of sp³-hybridized carbons (Fsp3) is 0.444. The quantitative estimate of drug-likeness (QED) is 0.240. The van der Waals surface area contributed by atoms with Crippen molar-refractivity contribution < 1.29 is 18.0 Å². The van der Waals surface area contributed by atoms with Gasteiger partial charge in [0, 0.05) is 12.6 Å². The number of sulfonamides is 1. The lowest BCUT2D eigenvalue weighted by atomic mass is 9.95. The maximum absolute atomic E-state index is 14.3. The second-order valence-electron chi connectivity index (χ2n) is 12.3. The zero-order valence-electron chi connectivity index (χ0n) is 26.8. The van der Waals surface area contributed by atoms with E-state index in [0.29, 0.717) is 12.1 Å². The highest BCUT2D eigenvalue weighted by molar-refractivity contribution is 7.92. The summed E-state index contributed by atoms with van der Waals surface area (Å²) in [5.74, 6) is -0.347. The first-order valence-electron chi connectivity index (χ1n) is 15.8. The molecule has 0 bridgehead atoms. The van der Waals surface area contributed by atoms with E-state index in [2.05, 4.69) is 19.2 Å². The first kappa shape index (κ1) is 33.2.